The summed E-state index contributed by atoms with van der Waals surface area (Å²) in [5, 5.41) is 0.961. The fourth-order valence-electron chi connectivity index (χ4n) is 2.91. The third-order valence-electron chi connectivity index (χ3n) is 4.10. The van der Waals surface area contributed by atoms with Crippen LogP contribution in [0.3, 0.4) is 0 Å². The summed E-state index contributed by atoms with van der Waals surface area (Å²) in [7, 11) is 0. The number of primary amides is 1. The lowest BCUT2D eigenvalue weighted by atomic mass is 10.0. The van der Waals surface area contributed by atoms with Crippen molar-refractivity contribution in [1.29, 1.82) is 0 Å². The van der Waals surface area contributed by atoms with Crippen molar-refractivity contribution in [3.05, 3.63) is 51.7 Å². The molecule has 0 saturated heterocycles. The summed E-state index contributed by atoms with van der Waals surface area (Å²) in [4.78, 5) is 25.5. The molecule has 0 saturated carbocycles. The Morgan fingerprint density at radius 3 is 2.60 bits per heavy atom. The molecule has 0 bridgehead atoms. The molecule has 0 atom stereocenters. The van der Waals surface area contributed by atoms with E-state index in [1.165, 1.54) is 6.07 Å². The number of carbonyl (C=O) groups excluding carboxylic acids is 1. The van der Waals surface area contributed by atoms with Gasteiger partial charge in [-0.15, -0.1) is 11.8 Å². The highest BCUT2D eigenvalue weighted by molar-refractivity contribution is 7.99. The molecule has 0 spiro atoms. The molecule has 2 aromatic carbocycles. The summed E-state index contributed by atoms with van der Waals surface area (Å²) < 4.78 is 6.04. The zero-order valence-corrected chi connectivity index (χ0v) is 15.2. The standard InChI is InChI=1S/C20H21NO3S/c1-3-5-12-9-14(25-8-4-2)11-16-18(22)15-10-13(20(21)23)6-7-17(15)24-19(12)16/h6-7,9-11H,3-5,8H2,1-2H3,(H2,21,23). The van der Waals surface area contributed by atoms with Gasteiger partial charge in [-0.25, -0.2) is 0 Å². The van der Waals surface area contributed by atoms with E-state index < -0.39 is 5.91 Å². The summed E-state index contributed by atoms with van der Waals surface area (Å²) in [6, 6.07) is 8.78. The highest BCUT2D eigenvalue weighted by atomic mass is 32.2. The predicted octanol–water partition coefficient (Wildman–Crippen LogP) is 4.50. The minimum Gasteiger partial charge on any atom is -0.456 e. The van der Waals surface area contributed by atoms with Crippen molar-refractivity contribution >= 4 is 39.6 Å². The van der Waals surface area contributed by atoms with E-state index in [2.05, 4.69) is 19.9 Å². The number of hydrogen-bond donors (Lipinski definition) is 1. The number of hydrogen-bond acceptors (Lipinski definition) is 4. The number of rotatable bonds is 6. The van der Waals surface area contributed by atoms with Gasteiger partial charge in [0.25, 0.3) is 0 Å². The molecule has 2 N–H and O–H groups in total. The van der Waals surface area contributed by atoms with Crippen molar-refractivity contribution in [2.24, 2.45) is 5.73 Å². The zero-order valence-electron chi connectivity index (χ0n) is 14.4. The Morgan fingerprint density at radius 2 is 1.92 bits per heavy atom. The van der Waals surface area contributed by atoms with Gasteiger partial charge in [0.05, 0.1) is 10.8 Å². The van der Waals surface area contributed by atoms with Crippen molar-refractivity contribution in [1.82, 2.24) is 0 Å². The summed E-state index contributed by atoms with van der Waals surface area (Å²) in [6.45, 7) is 4.24. The SMILES string of the molecule is CCCSc1cc(CCC)c2oc3ccc(C(N)=O)cc3c(=O)c2c1. The summed E-state index contributed by atoms with van der Waals surface area (Å²) >= 11 is 1.74. The maximum absolute atomic E-state index is 13.0. The fourth-order valence-corrected chi connectivity index (χ4v) is 3.78. The average Bonchev–Trinajstić information content (AvgIpc) is 2.61. The quantitative estimate of drug-likeness (QED) is 0.522. The Labute approximate surface area is 150 Å². The second-order valence-corrected chi connectivity index (χ2v) is 7.23. The Morgan fingerprint density at radius 1 is 1.12 bits per heavy atom. The van der Waals surface area contributed by atoms with Crippen molar-refractivity contribution < 1.29 is 9.21 Å². The summed E-state index contributed by atoms with van der Waals surface area (Å²) in [6.07, 6.45) is 2.89. The van der Waals surface area contributed by atoms with Gasteiger partial charge in [-0.1, -0.05) is 20.3 Å². The highest BCUT2D eigenvalue weighted by Crippen LogP contribution is 2.29. The molecule has 3 aromatic rings. The van der Waals surface area contributed by atoms with Gasteiger partial charge in [-0.05, 0) is 54.5 Å². The molecule has 0 fully saturated rings. The van der Waals surface area contributed by atoms with Crippen molar-refractivity contribution in [2.45, 2.75) is 38.0 Å². The van der Waals surface area contributed by atoms with E-state index in [0.29, 0.717) is 27.5 Å². The van der Waals surface area contributed by atoms with Crippen LogP contribution in [0.2, 0.25) is 0 Å². The number of aryl methyl sites for hydroxylation is 1. The minimum atomic E-state index is -0.555. The monoisotopic (exact) mass is 355 g/mol. The topological polar surface area (TPSA) is 73.3 Å². The number of fused-ring (bicyclic) bond motifs is 2. The number of benzene rings is 2. The molecule has 0 unspecified atom stereocenters. The molecule has 0 aliphatic heterocycles. The van der Waals surface area contributed by atoms with Crippen LogP contribution in [0.4, 0.5) is 0 Å². The maximum atomic E-state index is 13.0. The smallest absolute Gasteiger partial charge is 0.248 e. The van der Waals surface area contributed by atoms with Crippen LogP contribution in [-0.2, 0) is 6.42 Å². The van der Waals surface area contributed by atoms with Crippen LogP contribution in [0.5, 0.6) is 0 Å². The molecule has 1 amide bonds. The molecule has 0 aliphatic rings. The van der Waals surface area contributed by atoms with Crippen LogP contribution in [0.1, 0.15) is 42.6 Å². The molecule has 1 aromatic heterocycles. The van der Waals surface area contributed by atoms with E-state index in [9.17, 15) is 9.59 Å². The molecule has 130 valence electrons. The highest BCUT2D eigenvalue weighted by Gasteiger charge is 2.14. The number of carbonyl (C=O) groups is 1. The second-order valence-electron chi connectivity index (χ2n) is 6.06. The Hall–Kier alpha value is -2.27. The van der Waals surface area contributed by atoms with Crippen LogP contribution in [-0.4, -0.2) is 11.7 Å². The maximum Gasteiger partial charge on any atom is 0.248 e. The Balaban J connectivity index is 2.31. The number of amides is 1. The number of thioether (sulfide) groups is 1. The van der Waals surface area contributed by atoms with Crippen molar-refractivity contribution in [3.63, 3.8) is 0 Å². The van der Waals surface area contributed by atoms with Gasteiger partial charge in [0.2, 0.25) is 11.3 Å². The normalized spacial score (nSPS) is 11.3. The minimum absolute atomic E-state index is 0.115. The van der Waals surface area contributed by atoms with Gasteiger partial charge < -0.3 is 10.2 Å². The van der Waals surface area contributed by atoms with Gasteiger partial charge in [0.15, 0.2) is 0 Å². The molecular formula is C20H21NO3S. The first-order valence-corrected chi connectivity index (χ1v) is 9.49. The molecule has 25 heavy (non-hydrogen) atoms. The van der Waals surface area contributed by atoms with Crippen LogP contribution in [0.25, 0.3) is 21.9 Å². The lowest BCUT2D eigenvalue weighted by Crippen LogP contribution is -2.12. The summed E-state index contributed by atoms with van der Waals surface area (Å²) in [5.74, 6) is 0.447. The van der Waals surface area contributed by atoms with Gasteiger partial charge >= 0.3 is 0 Å². The molecule has 4 nitrogen and oxygen atoms in total. The first-order chi connectivity index (χ1) is 12.0. The Bertz CT molecular complexity index is 1010. The van der Waals surface area contributed by atoms with E-state index in [1.54, 1.807) is 23.9 Å². The largest absolute Gasteiger partial charge is 0.456 e. The van der Waals surface area contributed by atoms with E-state index in [4.69, 9.17) is 10.2 Å². The number of nitrogens with two attached hydrogens (primary N) is 1. The van der Waals surface area contributed by atoms with Gasteiger partial charge in [0.1, 0.15) is 11.2 Å². The zero-order chi connectivity index (χ0) is 18.0. The molecule has 0 radical (unpaired) electrons. The van der Waals surface area contributed by atoms with E-state index >= 15 is 0 Å². The van der Waals surface area contributed by atoms with Crippen LogP contribution < -0.4 is 11.2 Å². The molecule has 3 rings (SSSR count). The van der Waals surface area contributed by atoms with Crippen molar-refractivity contribution in [3.8, 4) is 0 Å². The van der Waals surface area contributed by atoms with Gasteiger partial charge in [-0.2, -0.15) is 0 Å². The van der Waals surface area contributed by atoms with E-state index in [0.717, 1.165) is 35.5 Å². The van der Waals surface area contributed by atoms with Crippen molar-refractivity contribution in [2.75, 3.05) is 5.75 Å². The molecule has 5 heteroatoms. The molecule has 1 heterocycles. The predicted molar refractivity (Wildman–Crippen MR) is 104 cm³/mol. The third-order valence-corrected chi connectivity index (χ3v) is 5.28. The van der Waals surface area contributed by atoms with Gasteiger partial charge in [-0.3, -0.25) is 9.59 Å². The average molecular weight is 355 g/mol. The van der Waals surface area contributed by atoms with Gasteiger partial charge in [0, 0.05) is 10.5 Å². The third kappa shape index (κ3) is 3.42. The lowest BCUT2D eigenvalue weighted by molar-refractivity contribution is 0.100. The molecular weight excluding hydrogens is 334 g/mol. The summed E-state index contributed by atoms with van der Waals surface area (Å²) in [5.41, 5.74) is 7.71. The van der Waals surface area contributed by atoms with Crippen LogP contribution in [0.15, 0.2) is 44.4 Å². The second kappa shape index (κ2) is 7.31. The fraction of sp³-hybridized carbons (Fsp3) is 0.300. The van der Waals surface area contributed by atoms with Crippen LogP contribution in [0, 0.1) is 0 Å². The lowest BCUT2D eigenvalue weighted by Gasteiger charge is -2.10. The van der Waals surface area contributed by atoms with E-state index in [-0.39, 0.29) is 5.43 Å². The van der Waals surface area contributed by atoms with Crippen LogP contribution >= 0.6 is 11.8 Å². The first kappa shape index (κ1) is 17.5. The first-order valence-electron chi connectivity index (χ1n) is 8.51. The Kier molecular flexibility index (Phi) is 5.13. The molecule has 0 aliphatic carbocycles. The van der Waals surface area contributed by atoms with E-state index in [1.807, 2.05) is 6.07 Å².